The molecule has 1 atom stereocenters. The number of nitrogens with one attached hydrogen (secondary N) is 1. The van der Waals surface area contributed by atoms with Crippen LogP contribution in [-0.2, 0) is 10.9 Å². The van der Waals surface area contributed by atoms with Crippen molar-refractivity contribution in [3.63, 3.8) is 0 Å². The molecule has 0 amide bonds. The van der Waals surface area contributed by atoms with Crippen LogP contribution < -0.4 is 20.9 Å². The SMILES string of the molecule is COCCN(C)c1nc(NC(C)c2cc(N)cc(C(F)(F)F)c2)c2cc(N3CCCC3)ncc2n1. The zero-order chi connectivity index (χ0) is 25.2. The highest BCUT2D eigenvalue weighted by Crippen LogP contribution is 2.34. The van der Waals surface area contributed by atoms with Crippen molar-refractivity contribution in [2.75, 3.05) is 61.2 Å². The van der Waals surface area contributed by atoms with Crippen LogP contribution in [0.25, 0.3) is 10.9 Å². The number of methoxy groups -OCH3 is 1. The molecule has 0 spiro atoms. The lowest BCUT2D eigenvalue weighted by Crippen LogP contribution is -2.25. The average Bonchev–Trinajstić information content (AvgIpc) is 3.36. The van der Waals surface area contributed by atoms with Gasteiger partial charge < -0.3 is 25.6 Å². The first kappa shape index (κ1) is 24.8. The first-order valence-electron chi connectivity index (χ1n) is 11.5. The highest BCUT2D eigenvalue weighted by Gasteiger charge is 2.31. The summed E-state index contributed by atoms with van der Waals surface area (Å²) in [6.07, 6.45) is -0.549. The zero-order valence-electron chi connectivity index (χ0n) is 20.1. The maximum atomic E-state index is 13.4. The standard InChI is InChI=1S/C24H30F3N7O/c1-15(16-10-17(24(25,26)27)12-18(28)11-16)30-22-19-13-21(34-6-4-5-7-34)29-14-20(19)31-23(32-22)33(2)8-9-35-3/h10-15H,4-9,28H2,1-3H3,(H,30,31,32). The van der Waals surface area contributed by atoms with Gasteiger partial charge in [-0.1, -0.05) is 0 Å². The molecule has 2 aromatic heterocycles. The second-order valence-electron chi connectivity index (χ2n) is 8.79. The van der Waals surface area contributed by atoms with Crippen molar-refractivity contribution >= 4 is 34.2 Å². The van der Waals surface area contributed by atoms with Gasteiger partial charge in [0.25, 0.3) is 0 Å². The number of nitrogens with zero attached hydrogens (tertiary/aromatic N) is 5. The molecule has 4 rings (SSSR count). The van der Waals surface area contributed by atoms with Crippen molar-refractivity contribution in [2.24, 2.45) is 0 Å². The lowest BCUT2D eigenvalue weighted by atomic mass is 10.0. The van der Waals surface area contributed by atoms with Crippen molar-refractivity contribution in [3.05, 3.63) is 41.6 Å². The van der Waals surface area contributed by atoms with E-state index in [-0.39, 0.29) is 5.69 Å². The summed E-state index contributed by atoms with van der Waals surface area (Å²) in [5.41, 5.74) is 6.11. The Morgan fingerprint density at radius 3 is 2.60 bits per heavy atom. The van der Waals surface area contributed by atoms with E-state index in [4.69, 9.17) is 15.5 Å². The number of anilines is 4. The number of ether oxygens (including phenoxy) is 1. The molecule has 3 N–H and O–H groups in total. The Morgan fingerprint density at radius 1 is 1.17 bits per heavy atom. The topological polar surface area (TPSA) is 92.4 Å². The summed E-state index contributed by atoms with van der Waals surface area (Å²) in [7, 11) is 3.47. The summed E-state index contributed by atoms with van der Waals surface area (Å²) < 4.78 is 45.2. The van der Waals surface area contributed by atoms with Crippen molar-refractivity contribution in [1.29, 1.82) is 0 Å². The lowest BCUT2D eigenvalue weighted by molar-refractivity contribution is -0.137. The largest absolute Gasteiger partial charge is 0.416 e. The summed E-state index contributed by atoms with van der Waals surface area (Å²) in [5.74, 6) is 1.81. The molecule has 8 nitrogen and oxygen atoms in total. The molecular formula is C24H30F3N7O. The average molecular weight is 490 g/mol. The monoisotopic (exact) mass is 489 g/mol. The van der Waals surface area contributed by atoms with Crippen LogP contribution in [0, 0.1) is 0 Å². The first-order chi connectivity index (χ1) is 16.7. The molecule has 1 unspecified atom stereocenters. The minimum absolute atomic E-state index is 0.0523. The first-order valence-corrected chi connectivity index (χ1v) is 11.5. The van der Waals surface area contributed by atoms with E-state index in [0.29, 0.717) is 36.0 Å². The summed E-state index contributed by atoms with van der Waals surface area (Å²) >= 11 is 0. The van der Waals surface area contributed by atoms with Gasteiger partial charge in [0.05, 0.1) is 29.9 Å². The van der Waals surface area contributed by atoms with Crippen LogP contribution in [0.5, 0.6) is 0 Å². The van der Waals surface area contributed by atoms with Crippen LogP contribution in [0.1, 0.15) is 36.9 Å². The summed E-state index contributed by atoms with van der Waals surface area (Å²) in [4.78, 5) is 18.1. The van der Waals surface area contributed by atoms with Gasteiger partial charge in [-0.2, -0.15) is 18.2 Å². The molecule has 11 heteroatoms. The van der Waals surface area contributed by atoms with Gasteiger partial charge in [0.2, 0.25) is 5.95 Å². The van der Waals surface area contributed by atoms with Crippen LogP contribution >= 0.6 is 0 Å². The fourth-order valence-corrected chi connectivity index (χ4v) is 4.12. The number of aromatic nitrogens is 3. The van der Waals surface area contributed by atoms with E-state index in [1.54, 1.807) is 26.3 Å². The number of fused-ring (bicyclic) bond motifs is 1. The molecule has 1 aliphatic rings. The second-order valence-corrected chi connectivity index (χ2v) is 8.79. The van der Waals surface area contributed by atoms with E-state index in [1.807, 2.05) is 18.0 Å². The Hall–Kier alpha value is -3.34. The van der Waals surface area contributed by atoms with Crippen LogP contribution in [0.3, 0.4) is 0 Å². The molecule has 1 aromatic carbocycles. The van der Waals surface area contributed by atoms with E-state index < -0.39 is 17.8 Å². The Labute approximate surface area is 202 Å². The van der Waals surface area contributed by atoms with Gasteiger partial charge in [-0.25, -0.2) is 9.97 Å². The molecule has 0 aliphatic carbocycles. The van der Waals surface area contributed by atoms with E-state index >= 15 is 0 Å². The fraction of sp³-hybridized carbons (Fsp3) is 0.458. The van der Waals surface area contributed by atoms with E-state index in [0.717, 1.165) is 49.3 Å². The molecule has 1 fully saturated rings. The predicted molar refractivity (Wildman–Crippen MR) is 132 cm³/mol. The summed E-state index contributed by atoms with van der Waals surface area (Å²) in [6, 6.07) is 5.03. The number of likely N-dealkylation sites (N-methyl/N-ethyl adjacent to an activating group) is 1. The number of rotatable bonds is 8. The Balaban J connectivity index is 1.74. The number of nitrogens with two attached hydrogens (primary N) is 1. The van der Waals surface area contributed by atoms with E-state index in [1.165, 1.54) is 0 Å². The van der Waals surface area contributed by atoms with Crippen molar-refractivity contribution in [1.82, 2.24) is 15.0 Å². The van der Waals surface area contributed by atoms with Crippen molar-refractivity contribution < 1.29 is 17.9 Å². The van der Waals surface area contributed by atoms with Gasteiger partial charge in [-0.15, -0.1) is 0 Å². The number of pyridine rings is 1. The third kappa shape index (κ3) is 5.67. The van der Waals surface area contributed by atoms with Crippen LogP contribution in [0.15, 0.2) is 30.5 Å². The number of hydrogen-bond acceptors (Lipinski definition) is 8. The van der Waals surface area contributed by atoms with Gasteiger partial charge in [-0.3, -0.25) is 0 Å². The number of halogens is 3. The number of alkyl halides is 3. The molecule has 0 saturated carbocycles. The van der Waals surface area contributed by atoms with Crippen LogP contribution in [0.4, 0.5) is 36.4 Å². The Bertz CT molecular complexity index is 1180. The molecule has 1 saturated heterocycles. The molecular weight excluding hydrogens is 459 g/mol. The maximum Gasteiger partial charge on any atom is 0.416 e. The molecule has 0 radical (unpaired) electrons. The van der Waals surface area contributed by atoms with Gasteiger partial charge in [-0.05, 0) is 49.6 Å². The third-order valence-electron chi connectivity index (χ3n) is 6.12. The highest BCUT2D eigenvalue weighted by molar-refractivity contribution is 5.91. The fourth-order valence-electron chi connectivity index (χ4n) is 4.12. The summed E-state index contributed by atoms with van der Waals surface area (Å²) in [6.45, 7) is 4.70. The quantitative estimate of drug-likeness (QED) is 0.448. The van der Waals surface area contributed by atoms with Gasteiger partial charge >= 0.3 is 6.18 Å². The highest BCUT2D eigenvalue weighted by atomic mass is 19.4. The second kappa shape index (κ2) is 10.1. The van der Waals surface area contributed by atoms with Gasteiger partial charge in [0.15, 0.2) is 0 Å². The molecule has 0 bridgehead atoms. The number of benzene rings is 1. The number of hydrogen-bond donors (Lipinski definition) is 2. The maximum absolute atomic E-state index is 13.4. The third-order valence-corrected chi connectivity index (χ3v) is 6.12. The Kier molecular flexibility index (Phi) is 7.15. The molecule has 1 aliphatic heterocycles. The van der Waals surface area contributed by atoms with Crippen molar-refractivity contribution in [2.45, 2.75) is 32.0 Å². The van der Waals surface area contributed by atoms with Crippen molar-refractivity contribution in [3.8, 4) is 0 Å². The predicted octanol–water partition coefficient (Wildman–Crippen LogP) is 4.48. The minimum Gasteiger partial charge on any atom is -0.399 e. The van der Waals surface area contributed by atoms with E-state index in [2.05, 4.69) is 20.2 Å². The smallest absolute Gasteiger partial charge is 0.399 e. The molecule has 3 heterocycles. The number of nitrogen functional groups attached to an aromatic ring is 1. The molecule has 188 valence electrons. The van der Waals surface area contributed by atoms with Crippen LogP contribution in [0.2, 0.25) is 0 Å². The van der Waals surface area contributed by atoms with Gasteiger partial charge in [0.1, 0.15) is 11.6 Å². The normalized spacial score (nSPS) is 15.0. The van der Waals surface area contributed by atoms with E-state index in [9.17, 15) is 13.2 Å². The zero-order valence-corrected chi connectivity index (χ0v) is 20.1. The molecule has 35 heavy (non-hydrogen) atoms. The minimum atomic E-state index is -4.49. The van der Waals surface area contributed by atoms with Crippen LogP contribution in [-0.4, -0.2) is 55.4 Å². The molecule has 3 aromatic rings. The summed E-state index contributed by atoms with van der Waals surface area (Å²) in [5, 5.41) is 4.05. The Morgan fingerprint density at radius 2 is 1.91 bits per heavy atom. The lowest BCUT2D eigenvalue weighted by Gasteiger charge is -2.22. The van der Waals surface area contributed by atoms with Gasteiger partial charge in [0, 0.05) is 44.9 Å².